The van der Waals surface area contributed by atoms with Gasteiger partial charge in [0, 0.05) is 31.6 Å². The van der Waals surface area contributed by atoms with E-state index >= 15 is 0 Å². The molecule has 8 heteroatoms. The van der Waals surface area contributed by atoms with Gasteiger partial charge in [0.05, 0.1) is 10.7 Å². The lowest BCUT2D eigenvalue weighted by Gasteiger charge is -2.19. The van der Waals surface area contributed by atoms with Crippen molar-refractivity contribution >= 4 is 23.4 Å². The molecule has 23 heavy (non-hydrogen) atoms. The summed E-state index contributed by atoms with van der Waals surface area (Å²) >= 11 is 7.29. The quantitative estimate of drug-likeness (QED) is 0.351. The number of rotatable bonds is 7. The zero-order valence-corrected chi connectivity index (χ0v) is 14.5. The number of thioether (sulfide) groups is 1. The number of nitrogens with zero attached hydrogens (tertiary/aromatic N) is 3. The summed E-state index contributed by atoms with van der Waals surface area (Å²) in [7, 11) is 0. The van der Waals surface area contributed by atoms with E-state index in [4.69, 9.17) is 11.6 Å². The van der Waals surface area contributed by atoms with Gasteiger partial charge >= 0.3 is 0 Å². The third kappa shape index (κ3) is 5.14. The first-order valence-electron chi connectivity index (χ1n) is 7.16. The SMILES string of the molecule is C=C(C)CSC/C(=C1/NCCN1Cc1ccc(Cl)nc1)[N+](=O)[O-]. The lowest BCUT2D eigenvalue weighted by atomic mass is 10.2. The topological polar surface area (TPSA) is 71.3 Å². The monoisotopic (exact) mass is 354 g/mol. The molecule has 1 aliphatic rings. The van der Waals surface area contributed by atoms with Gasteiger partial charge in [-0.2, -0.15) is 0 Å². The number of pyridine rings is 1. The maximum Gasteiger partial charge on any atom is 0.295 e. The molecule has 2 rings (SSSR count). The standard InChI is InChI=1S/C15H19ClN4O2S/c1-11(2)9-23-10-13(20(21)22)15-17-5-6-19(15)8-12-3-4-14(16)18-7-12/h3-4,7,17H,1,5-6,8-10H2,2H3/b15-13+. The first kappa shape index (κ1) is 17.6. The summed E-state index contributed by atoms with van der Waals surface area (Å²) in [5, 5.41) is 15.0. The number of halogens is 1. The van der Waals surface area contributed by atoms with Crippen LogP contribution in [0.15, 0.2) is 42.0 Å². The molecule has 0 atom stereocenters. The molecule has 1 aromatic heterocycles. The van der Waals surface area contributed by atoms with Gasteiger partial charge in [-0.05, 0) is 18.6 Å². The van der Waals surface area contributed by atoms with Crippen molar-refractivity contribution in [2.24, 2.45) is 0 Å². The fourth-order valence-electron chi connectivity index (χ4n) is 2.23. The number of nitrogens with one attached hydrogen (secondary N) is 1. The van der Waals surface area contributed by atoms with Crippen LogP contribution in [0.2, 0.25) is 5.15 Å². The molecule has 124 valence electrons. The predicted octanol–water partition coefficient (Wildman–Crippen LogP) is 2.90. The van der Waals surface area contributed by atoms with E-state index < -0.39 is 0 Å². The Bertz CT molecular complexity index is 618. The molecule has 0 bridgehead atoms. The number of aromatic nitrogens is 1. The molecule has 0 aromatic carbocycles. The normalized spacial score (nSPS) is 16.2. The fourth-order valence-corrected chi connectivity index (χ4v) is 3.22. The molecule has 1 N–H and O–H groups in total. The van der Waals surface area contributed by atoms with E-state index in [0.717, 1.165) is 17.7 Å². The summed E-state index contributed by atoms with van der Waals surface area (Å²) in [6.07, 6.45) is 1.69. The van der Waals surface area contributed by atoms with E-state index in [2.05, 4.69) is 16.9 Å². The summed E-state index contributed by atoms with van der Waals surface area (Å²) < 4.78 is 0. The Kier molecular flexibility index (Phi) is 6.29. The maximum atomic E-state index is 11.4. The van der Waals surface area contributed by atoms with Gasteiger partial charge in [-0.25, -0.2) is 4.98 Å². The summed E-state index contributed by atoms with van der Waals surface area (Å²) in [6.45, 7) is 7.72. The lowest BCUT2D eigenvalue weighted by molar-refractivity contribution is -0.425. The maximum absolute atomic E-state index is 11.4. The Balaban J connectivity index is 2.13. The van der Waals surface area contributed by atoms with Crippen molar-refractivity contribution in [2.75, 3.05) is 24.6 Å². The van der Waals surface area contributed by atoms with Crippen LogP contribution in [0.3, 0.4) is 0 Å². The van der Waals surface area contributed by atoms with Gasteiger partial charge < -0.3 is 10.2 Å². The highest BCUT2D eigenvalue weighted by atomic mass is 35.5. The van der Waals surface area contributed by atoms with Crippen LogP contribution in [-0.2, 0) is 6.54 Å². The summed E-state index contributed by atoms with van der Waals surface area (Å²) in [6, 6.07) is 3.60. The predicted molar refractivity (Wildman–Crippen MR) is 93.8 cm³/mol. The van der Waals surface area contributed by atoms with Gasteiger partial charge in [0.1, 0.15) is 5.15 Å². The van der Waals surface area contributed by atoms with Crippen LogP contribution in [0.5, 0.6) is 0 Å². The van der Waals surface area contributed by atoms with Crippen molar-refractivity contribution < 1.29 is 4.92 Å². The molecular weight excluding hydrogens is 336 g/mol. The van der Waals surface area contributed by atoms with Crippen molar-refractivity contribution in [2.45, 2.75) is 13.5 Å². The van der Waals surface area contributed by atoms with Crippen LogP contribution in [0.1, 0.15) is 12.5 Å². The molecule has 0 spiro atoms. The van der Waals surface area contributed by atoms with Crippen molar-refractivity contribution in [3.63, 3.8) is 0 Å². The minimum absolute atomic E-state index is 0.204. The van der Waals surface area contributed by atoms with E-state index in [1.807, 2.05) is 17.9 Å². The Morgan fingerprint density at radius 2 is 2.35 bits per heavy atom. The molecule has 6 nitrogen and oxygen atoms in total. The van der Waals surface area contributed by atoms with Crippen LogP contribution in [0.4, 0.5) is 0 Å². The van der Waals surface area contributed by atoms with E-state index in [0.29, 0.717) is 35.6 Å². The van der Waals surface area contributed by atoms with Crippen molar-refractivity contribution in [3.05, 3.63) is 62.8 Å². The molecule has 0 saturated carbocycles. The van der Waals surface area contributed by atoms with Gasteiger partial charge in [-0.3, -0.25) is 10.1 Å². The second-order valence-corrected chi connectivity index (χ2v) is 6.71. The largest absolute Gasteiger partial charge is 0.365 e. The minimum atomic E-state index is -0.299. The molecule has 0 aliphatic carbocycles. The third-order valence-electron chi connectivity index (χ3n) is 3.23. The Morgan fingerprint density at radius 1 is 1.57 bits per heavy atom. The molecule has 1 aromatic rings. The van der Waals surface area contributed by atoms with Crippen LogP contribution in [0, 0.1) is 10.1 Å². The fraction of sp³-hybridized carbons (Fsp3) is 0.400. The molecule has 0 amide bonds. The molecule has 1 saturated heterocycles. The van der Waals surface area contributed by atoms with Crippen molar-refractivity contribution in [3.8, 4) is 0 Å². The van der Waals surface area contributed by atoms with E-state index in [-0.39, 0.29) is 10.6 Å². The second kappa shape index (κ2) is 8.21. The molecule has 0 unspecified atom stereocenters. The first-order chi connectivity index (χ1) is 11.0. The zero-order valence-electron chi connectivity index (χ0n) is 12.9. The van der Waals surface area contributed by atoms with Crippen LogP contribution < -0.4 is 5.32 Å². The average molecular weight is 355 g/mol. The second-order valence-electron chi connectivity index (χ2n) is 5.34. The Labute approximate surface area is 144 Å². The molecular formula is C15H19ClN4O2S. The van der Waals surface area contributed by atoms with E-state index in [9.17, 15) is 10.1 Å². The highest BCUT2D eigenvalue weighted by Crippen LogP contribution is 2.21. The molecule has 0 radical (unpaired) electrons. The van der Waals surface area contributed by atoms with Gasteiger partial charge in [-0.15, -0.1) is 11.8 Å². The molecule has 2 heterocycles. The van der Waals surface area contributed by atoms with Crippen LogP contribution >= 0.6 is 23.4 Å². The van der Waals surface area contributed by atoms with Gasteiger partial charge in [0.25, 0.3) is 5.70 Å². The average Bonchev–Trinajstić information content (AvgIpc) is 2.93. The van der Waals surface area contributed by atoms with Crippen LogP contribution in [-0.4, -0.2) is 39.4 Å². The van der Waals surface area contributed by atoms with Gasteiger partial charge in [0.2, 0.25) is 0 Å². The van der Waals surface area contributed by atoms with Gasteiger partial charge in [0.15, 0.2) is 5.82 Å². The number of nitro groups is 1. The van der Waals surface area contributed by atoms with E-state index in [1.54, 1.807) is 12.3 Å². The molecule has 1 fully saturated rings. The Morgan fingerprint density at radius 3 is 2.96 bits per heavy atom. The van der Waals surface area contributed by atoms with Crippen molar-refractivity contribution in [1.82, 2.24) is 15.2 Å². The van der Waals surface area contributed by atoms with Crippen LogP contribution in [0.25, 0.3) is 0 Å². The first-order valence-corrected chi connectivity index (χ1v) is 8.69. The summed E-state index contributed by atoms with van der Waals surface area (Å²) in [5.74, 6) is 1.66. The molecule has 1 aliphatic heterocycles. The highest BCUT2D eigenvalue weighted by Gasteiger charge is 2.27. The minimum Gasteiger partial charge on any atom is -0.365 e. The Hall–Kier alpha value is -1.73. The number of hydrogen-bond acceptors (Lipinski definition) is 6. The summed E-state index contributed by atoms with van der Waals surface area (Å²) in [5.41, 5.74) is 2.18. The lowest BCUT2D eigenvalue weighted by Crippen LogP contribution is -2.24. The highest BCUT2D eigenvalue weighted by molar-refractivity contribution is 7.99. The zero-order chi connectivity index (χ0) is 16.8. The van der Waals surface area contributed by atoms with E-state index in [1.165, 1.54) is 11.8 Å². The third-order valence-corrected chi connectivity index (χ3v) is 4.63. The number of hydrogen-bond donors (Lipinski definition) is 1. The smallest absolute Gasteiger partial charge is 0.295 e. The summed E-state index contributed by atoms with van der Waals surface area (Å²) in [4.78, 5) is 17.1. The van der Waals surface area contributed by atoms with Crippen molar-refractivity contribution in [1.29, 1.82) is 0 Å². The van der Waals surface area contributed by atoms with Gasteiger partial charge in [-0.1, -0.05) is 29.8 Å².